The number of rotatable bonds is 6. The maximum absolute atomic E-state index is 13.2. The molecule has 0 bridgehead atoms. The highest BCUT2D eigenvalue weighted by Crippen LogP contribution is 2.40. The van der Waals surface area contributed by atoms with Gasteiger partial charge in [-0.05, 0) is 56.2 Å². The number of thiophene rings is 1. The normalized spacial score (nSPS) is 10.8. The van der Waals surface area contributed by atoms with E-state index in [1.165, 1.54) is 30.6 Å². The molecule has 0 atom stereocenters. The predicted molar refractivity (Wildman–Crippen MR) is 143 cm³/mol. The van der Waals surface area contributed by atoms with Crippen molar-refractivity contribution in [3.8, 4) is 11.1 Å². The number of aromatic nitrogens is 2. The fourth-order valence-corrected chi connectivity index (χ4v) is 5.26. The molecule has 9 heteroatoms. The molecule has 0 unspecified atom stereocenters. The van der Waals surface area contributed by atoms with Crippen molar-refractivity contribution in [3.05, 3.63) is 87.8 Å². The highest BCUT2D eigenvalue weighted by molar-refractivity contribution is 7.80. The van der Waals surface area contributed by atoms with Crippen molar-refractivity contribution < 1.29 is 13.9 Å². The van der Waals surface area contributed by atoms with Gasteiger partial charge < -0.3 is 15.4 Å². The molecule has 2 aromatic heterocycles. The maximum atomic E-state index is 13.2. The summed E-state index contributed by atoms with van der Waals surface area (Å²) < 4.78 is 20.2. The maximum Gasteiger partial charge on any atom is 0.341 e. The Morgan fingerprint density at radius 3 is 2.43 bits per heavy atom. The monoisotopic (exact) mass is 508 g/mol. The van der Waals surface area contributed by atoms with Gasteiger partial charge in [-0.3, -0.25) is 4.68 Å². The minimum Gasteiger partial charge on any atom is -0.465 e. The van der Waals surface area contributed by atoms with E-state index in [1.807, 2.05) is 55.8 Å². The first-order valence-corrected chi connectivity index (χ1v) is 12.1. The van der Waals surface area contributed by atoms with E-state index >= 15 is 0 Å². The topological polar surface area (TPSA) is 68.2 Å². The molecule has 0 amide bonds. The van der Waals surface area contributed by atoms with Crippen molar-refractivity contribution in [2.45, 2.75) is 27.3 Å². The van der Waals surface area contributed by atoms with Gasteiger partial charge in [0.25, 0.3) is 0 Å². The predicted octanol–water partition coefficient (Wildman–Crippen LogP) is 6.32. The lowest BCUT2D eigenvalue weighted by molar-refractivity contribution is 0.0603. The molecule has 4 aromatic rings. The van der Waals surface area contributed by atoms with Gasteiger partial charge in [0, 0.05) is 10.4 Å². The molecule has 0 saturated heterocycles. The number of thiocarbonyl (C=S) groups is 1. The highest BCUT2D eigenvalue weighted by Gasteiger charge is 2.25. The molecule has 0 fully saturated rings. The van der Waals surface area contributed by atoms with Gasteiger partial charge in [-0.15, -0.1) is 11.3 Å². The number of hydrogen-bond donors (Lipinski definition) is 2. The van der Waals surface area contributed by atoms with Crippen molar-refractivity contribution >= 4 is 45.3 Å². The van der Waals surface area contributed by atoms with Gasteiger partial charge in [-0.1, -0.05) is 42.5 Å². The van der Waals surface area contributed by atoms with E-state index in [0.29, 0.717) is 22.2 Å². The lowest BCUT2D eigenvalue weighted by Gasteiger charge is -2.12. The van der Waals surface area contributed by atoms with Crippen molar-refractivity contribution in [1.29, 1.82) is 0 Å². The molecule has 2 heterocycles. The Kier molecular flexibility index (Phi) is 7.28. The Morgan fingerprint density at radius 1 is 1.09 bits per heavy atom. The van der Waals surface area contributed by atoms with Crippen LogP contribution in [0.4, 0.5) is 15.1 Å². The van der Waals surface area contributed by atoms with Gasteiger partial charge in [0.2, 0.25) is 0 Å². The number of methoxy groups -OCH3 is 1. The van der Waals surface area contributed by atoms with Crippen LogP contribution in [0, 0.1) is 26.6 Å². The number of aryl methyl sites for hydroxylation is 2. The smallest absolute Gasteiger partial charge is 0.341 e. The van der Waals surface area contributed by atoms with Crippen LogP contribution in [-0.2, 0) is 11.3 Å². The number of nitrogens with zero attached hydrogens (tertiary/aromatic N) is 2. The first-order valence-electron chi connectivity index (χ1n) is 10.9. The molecule has 180 valence electrons. The number of nitrogens with one attached hydrogen (secondary N) is 2. The van der Waals surface area contributed by atoms with E-state index < -0.39 is 5.97 Å². The number of benzene rings is 2. The molecule has 6 nitrogen and oxygen atoms in total. The van der Waals surface area contributed by atoms with Gasteiger partial charge in [-0.2, -0.15) is 5.10 Å². The molecule has 2 N–H and O–H groups in total. The third-order valence-corrected chi connectivity index (χ3v) is 6.85. The number of hydrogen-bond acceptors (Lipinski definition) is 5. The number of carbonyl (C=O) groups excluding carboxylic acids is 1. The third-order valence-electron chi connectivity index (χ3n) is 5.63. The van der Waals surface area contributed by atoms with Gasteiger partial charge in [-0.25, -0.2) is 9.18 Å². The molecular formula is C26H25FN4O2S2. The van der Waals surface area contributed by atoms with Crippen LogP contribution < -0.4 is 10.6 Å². The number of carbonyl (C=O) groups is 1. The highest BCUT2D eigenvalue weighted by atomic mass is 32.1. The largest absolute Gasteiger partial charge is 0.465 e. The number of halogens is 1. The van der Waals surface area contributed by atoms with E-state index in [4.69, 9.17) is 17.0 Å². The van der Waals surface area contributed by atoms with E-state index in [-0.39, 0.29) is 5.82 Å². The van der Waals surface area contributed by atoms with E-state index in [0.717, 1.165) is 38.6 Å². The zero-order chi connectivity index (χ0) is 25.1. The van der Waals surface area contributed by atoms with E-state index in [2.05, 4.69) is 15.7 Å². The zero-order valence-corrected chi connectivity index (χ0v) is 21.4. The van der Waals surface area contributed by atoms with Gasteiger partial charge in [0.1, 0.15) is 16.4 Å². The van der Waals surface area contributed by atoms with Crippen molar-refractivity contribution in [2.24, 2.45) is 0 Å². The Morgan fingerprint density at radius 2 is 1.77 bits per heavy atom. The van der Waals surface area contributed by atoms with Gasteiger partial charge in [0.15, 0.2) is 5.11 Å². The summed E-state index contributed by atoms with van der Waals surface area (Å²) in [7, 11) is 1.37. The summed E-state index contributed by atoms with van der Waals surface area (Å²) >= 11 is 7.04. The van der Waals surface area contributed by atoms with Crippen LogP contribution in [0.25, 0.3) is 11.1 Å². The Balaban J connectivity index is 1.58. The second-order valence-electron chi connectivity index (χ2n) is 8.00. The molecule has 0 saturated carbocycles. The summed E-state index contributed by atoms with van der Waals surface area (Å²) in [4.78, 5) is 13.7. The Hall–Kier alpha value is -3.56. The van der Waals surface area contributed by atoms with Crippen molar-refractivity contribution in [2.75, 3.05) is 17.7 Å². The molecule has 4 rings (SSSR count). The average molecular weight is 509 g/mol. The summed E-state index contributed by atoms with van der Waals surface area (Å²) in [6.45, 7) is 6.31. The quantitative estimate of drug-likeness (QED) is 0.235. The molecule has 0 aliphatic rings. The molecule has 0 spiro atoms. The third kappa shape index (κ3) is 5.26. The van der Waals surface area contributed by atoms with Gasteiger partial charge in [0.05, 0.1) is 30.7 Å². The molecule has 35 heavy (non-hydrogen) atoms. The second-order valence-corrected chi connectivity index (χ2v) is 9.64. The van der Waals surface area contributed by atoms with Crippen LogP contribution in [0.1, 0.15) is 32.2 Å². The summed E-state index contributed by atoms with van der Waals surface area (Å²) in [5, 5.41) is 12.0. The first-order chi connectivity index (χ1) is 16.8. The Labute approximate surface area is 212 Å². The second kappa shape index (κ2) is 10.4. The zero-order valence-electron chi connectivity index (χ0n) is 19.8. The molecule has 0 aliphatic carbocycles. The summed E-state index contributed by atoms with van der Waals surface area (Å²) in [6, 6.07) is 16.1. The number of ether oxygens (including phenoxy) is 1. The lowest BCUT2D eigenvalue weighted by Crippen LogP contribution is -2.21. The van der Waals surface area contributed by atoms with Crippen LogP contribution in [-0.4, -0.2) is 28.0 Å². The summed E-state index contributed by atoms with van der Waals surface area (Å²) in [6.07, 6.45) is 0. The minimum absolute atomic E-state index is 0.272. The van der Waals surface area contributed by atoms with Crippen LogP contribution in [0.3, 0.4) is 0 Å². The Bertz CT molecular complexity index is 1380. The molecular weight excluding hydrogens is 483 g/mol. The van der Waals surface area contributed by atoms with E-state index in [1.54, 1.807) is 12.1 Å². The average Bonchev–Trinajstić information content (AvgIpc) is 3.30. The van der Waals surface area contributed by atoms with Crippen LogP contribution in [0.5, 0.6) is 0 Å². The standard InChI is InChI=1S/C26H25FN4O2S2/c1-15-23(16(2)31(30-15)14-18-10-12-20(27)13-11-18)28-26(34)29-24-22(25(32)33-4)21(17(3)35-24)19-8-6-5-7-9-19/h5-13H,14H2,1-4H3,(H2,28,29,34). The van der Waals surface area contributed by atoms with Crippen LogP contribution in [0.15, 0.2) is 54.6 Å². The number of esters is 1. The van der Waals surface area contributed by atoms with Crippen LogP contribution in [0.2, 0.25) is 0 Å². The van der Waals surface area contributed by atoms with E-state index in [9.17, 15) is 9.18 Å². The number of anilines is 2. The first kappa shape index (κ1) is 24.6. The summed E-state index contributed by atoms with van der Waals surface area (Å²) in [5.74, 6) is -0.704. The van der Waals surface area contributed by atoms with Crippen LogP contribution >= 0.6 is 23.6 Å². The SMILES string of the molecule is COC(=O)c1c(NC(=S)Nc2c(C)nn(Cc3ccc(F)cc3)c2C)sc(C)c1-c1ccccc1. The lowest BCUT2D eigenvalue weighted by atomic mass is 10.0. The fraction of sp³-hybridized carbons (Fsp3) is 0.192. The fourth-order valence-electron chi connectivity index (χ4n) is 3.92. The molecule has 2 aromatic carbocycles. The molecule has 0 aliphatic heterocycles. The van der Waals surface area contributed by atoms with Crippen molar-refractivity contribution in [1.82, 2.24) is 9.78 Å². The minimum atomic E-state index is -0.432. The molecule has 0 radical (unpaired) electrons. The van der Waals surface area contributed by atoms with Crippen molar-refractivity contribution in [3.63, 3.8) is 0 Å². The summed E-state index contributed by atoms with van der Waals surface area (Å²) in [5.41, 5.74) is 5.58. The van der Waals surface area contributed by atoms with Gasteiger partial charge >= 0.3 is 5.97 Å².